The summed E-state index contributed by atoms with van der Waals surface area (Å²) in [7, 11) is 0. The van der Waals surface area contributed by atoms with E-state index in [4.69, 9.17) is 10.5 Å². The van der Waals surface area contributed by atoms with Crippen molar-refractivity contribution in [3.05, 3.63) is 11.6 Å². The summed E-state index contributed by atoms with van der Waals surface area (Å²) in [4.78, 5) is 0. The molecule has 14 heavy (non-hydrogen) atoms. The SMILES string of the molecule is NC(C1=CCCC1)C1CC2CCC1O2. The molecule has 0 aromatic rings. The van der Waals surface area contributed by atoms with Gasteiger partial charge in [0.1, 0.15) is 0 Å². The van der Waals surface area contributed by atoms with E-state index in [-0.39, 0.29) is 0 Å². The fraction of sp³-hybridized carbons (Fsp3) is 0.833. The molecule has 0 radical (unpaired) electrons. The molecule has 4 atom stereocenters. The summed E-state index contributed by atoms with van der Waals surface area (Å²) in [5.41, 5.74) is 7.83. The van der Waals surface area contributed by atoms with Crippen molar-refractivity contribution in [2.24, 2.45) is 11.7 Å². The Morgan fingerprint density at radius 3 is 2.93 bits per heavy atom. The largest absolute Gasteiger partial charge is 0.375 e. The fourth-order valence-electron chi connectivity index (χ4n) is 3.33. The van der Waals surface area contributed by atoms with Crippen molar-refractivity contribution < 1.29 is 4.74 Å². The lowest BCUT2D eigenvalue weighted by atomic mass is 9.81. The predicted molar refractivity (Wildman–Crippen MR) is 55.9 cm³/mol. The normalized spacial score (nSPS) is 42.9. The molecule has 0 amide bonds. The van der Waals surface area contributed by atoms with Crippen molar-refractivity contribution in [2.75, 3.05) is 0 Å². The van der Waals surface area contributed by atoms with Gasteiger partial charge in [0, 0.05) is 12.0 Å². The summed E-state index contributed by atoms with van der Waals surface area (Å²) in [6.45, 7) is 0. The first kappa shape index (κ1) is 8.93. The maximum absolute atomic E-state index is 6.32. The van der Waals surface area contributed by atoms with Gasteiger partial charge in [0.2, 0.25) is 0 Å². The first-order chi connectivity index (χ1) is 6.84. The van der Waals surface area contributed by atoms with Crippen LogP contribution in [0.2, 0.25) is 0 Å². The summed E-state index contributed by atoms with van der Waals surface area (Å²) in [5.74, 6) is 0.623. The Morgan fingerprint density at radius 1 is 1.43 bits per heavy atom. The van der Waals surface area contributed by atoms with Gasteiger partial charge in [-0.25, -0.2) is 0 Å². The summed E-state index contributed by atoms with van der Waals surface area (Å²) >= 11 is 0. The Balaban J connectivity index is 1.70. The minimum absolute atomic E-state index is 0.299. The molecule has 2 heteroatoms. The molecule has 2 heterocycles. The van der Waals surface area contributed by atoms with Gasteiger partial charge in [0.15, 0.2) is 0 Å². The van der Waals surface area contributed by atoms with Gasteiger partial charge in [-0.05, 0) is 38.5 Å². The van der Waals surface area contributed by atoms with E-state index >= 15 is 0 Å². The third-order valence-corrected chi connectivity index (χ3v) is 4.12. The maximum atomic E-state index is 6.32. The molecule has 2 bridgehead atoms. The number of rotatable bonds is 2. The smallest absolute Gasteiger partial charge is 0.0626 e. The van der Waals surface area contributed by atoms with Gasteiger partial charge in [-0.3, -0.25) is 0 Å². The van der Waals surface area contributed by atoms with Crippen LogP contribution in [0.1, 0.15) is 38.5 Å². The number of hydrogen-bond donors (Lipinski definition) is 1. The topological polar surface area (TPSA) is 35.2 Å². The molecule has 2 aliphatic heterocycles. The van der Waals surface area contributed by atoms with E-state index in [0.717, 1.165) is 0 Å². The van der Waals surface area contributed by atoms with Crippen LogP contribution in [0.3, 0.4) is 0 Å². The highest BCUT2D eigenvalue weighted by Gasteiger charge is 2.44. The zero-order valence-electron chi connectivity index (χ0n) is 8.61. The van der Waals surface area contributed by atoms with E-state index in [1.54, 1.807) is 0 Å². The quantitative estimate of drug-likeness (QED) is 0.681. The molecule has 0 aromatic carbocycles. The summed E-state index contributed by atoms with van der Waals surface area (Å²) in [5, 5.41) is 0. The van der Waals surface area contributed by atoms with Crippen LogP contribution in [0.4, 0.5) is 0 Å². The molecule has 2 N–H and O–H groups in total. The molecular weight excluding hydrogens is 174 g/mol. The average Bonchev–Trinajstić information content (AvgIpc) is 2.93. The molecule has 3 rings (SSSR count). The lowest BCUT2D eigenvalue weighted by Gasteiger charge is -2.26. The van der Waals surface area contributed by atoms with Crippen molar-refractivity contribution >= 4 is 0 Å². The van der Waals surface area contributed by atoms with Crippen molar-refractivity contribution in [1.29, 1.82) is 0 Å². The van der Waals surface area contributed by atoms with Crippen LogP contribution in [-0.4, -0.2) is 18.2 Å². The molecule has 3 aliphatic rings. The van der Waals surface area contributed by atoms with Gasteiger partial charge in [-0.15, -0.1) is 0 Å². The monoisotopic (exact) mass is 193 g/mol. The van der Waals surface area contributed by atoms with E-state index in [9.17, 15) is 0 Å². The Kier molecular flexibility index (Phi) is 2.14. The first-order valence-corrected chi connectivity index (χ1v) is 5.94. The van der Waals surface area contributed by atoms with Crippen molar-refractivity contribution in [2.45, 2.75) is 56.8 Å². The van der Waals surface area contributed by atoms with Crippen LogP contribution >= 0.6 is 0 Å². The highest BCUT2D eigenvalue weighted by Crippen LogP contribution is 2.42. The molecule has 2 saturated heterocycles. The predicted octanol–water partition coefficient (Wildman–Crippen LogP) is 1.99. The lowest BCUT2D eigenvalue weighted by Crippen LogP contribution is -2.37. The standard InChI is InChI=1S/C12H19NO/c13-12(8-3-1-2-4-8)10-7-9-5-6-11(10)14-9/h3,9-12H,1-2,4-7,13H2. The van der Waals surface area contributed by atoms with Gasteiger partial charge < -0.3 is 10.5 Å². The van der Waals surface area contributed by atoms with Crippen molar-refractivity contribution in [3.8, 4) is 0 Å². The number of ether oxygens (including phenoxy) is 1. The van der Waals surface area contributed by atoms with Gasteiger partial charge in [-0.2, -0.15) is 0 Å². The second kappa shape index (κ2) is 3.35. The number of hydrogen-bond acceptors (Lipinski definition) is 2. The average molecular weight is 193 g/mol. The van der Waals surface area contributed by atoms with E-state index in [1.165, 1.54) is 44.1 Å². The zero-order valence-corrected chi connectivity index (χ0v) is 8.61. The number of nitrogens with two attached hydrogens (primary N) is 1. The van der Waals surface area contributed by atoms with Crippen LogP contribution in [0, 0.1) is 5.92 Å². The molecule has 78 valence electrons. The van der Waals surface area contributed by atoms with E-state index in [1.807, 2.05) is 0 Å². The molecule has 0 aromatic heterocycles. The minimum atomic E-state index is 0.299. The molecule has 2 nitrogen and oxygen atoms in total. The van der Waals surface area contributed by atoms with Crippen LogP contribution < -0.4 is 5.73 Å². The molecule has 0 spiro atoms. The lowest BCUT2D eigenvalue weighted by molar-refractivity contribution is 0.0902. The van der Waals surface area contributed by atoms with Gasteiger partial charge in [0.25, 0.3) is 0 Å². The summed E-state index contributed by atoms with van der Waals surface area (Å²) in [6, 6.07) is 0.299. The Bertz CT molecular complexity index is 261. The zero-order chi connectivity index (χ0) is 9.54. The second-order valence-electron chi connectivity index (χ2n) is 4.97. The molecule has 4 unspecified atom stereocenters. The number of fused-ring (bicyclic) bond motifs is 2. The Labute approximate surface area is 85.5 Å². The summed E-state index contributed by atoms with van der Waals surface area (Å²) < 4.78 is 5.86. The highest BCUT2D eigenvalue weighted by molar-refractivity contribution is 5.17. The van der Waals surface area contributed by atoms with Crippen LogP contribution in [0.5, 0.6) is 0 Å². The molecule has 2 fully saturated rings. The maximum Gasteiger partial charge on any atom is 0.0626 e. The molecule has 1 aliphatic carbocycles. The van der Waals surface area contributed by atoms with Crippen LogP contribution in [-0.2, 0) is 4.74 Å². The number of allylic oxidation sites excluding steroid dienone is 1. The molecule has 0 saturated carbocycles. The van der Waals surface area contributed by atoms with Crippen LogP contribution in [0.15, 0.2) is 11.6 Å². The van der Waals surface area contributed by atoms with Gasteiger partial charge in [0.05, 0.1) is 12.2 Å². The van der Waals surface area contributed by atoms with Crippen molar-refractivity contribution in [1.82, 2.24) is 0 Å². The van der Waals surface area contributed by atoms with Crippen molar-refractivity contribution in [3.63, 3.8) is 0 Å². The first-order valence-electron chi connectivity index (χ1n) is 5.94. The highest BCUT2D eigenvalue weighted by atomic mass is 16.5. The van der Waals surface area contributed by atoms with Gasteiger partial charge >= 0.3 is 0 Å². The molecular formula is C12H19NO. The van der Waals surface area contributed by atoms with Crippen LogP contribution in [0.25, 0.3) is 0 Å². The van der Waals surface area contributed by atoms with E-state index < -0.39 is 0 Å². The van der Waals surface area contributed by atoms with Gasteiger partial charge in [-0.1, -0.05) is 11.6 Å². The second-order valence-corrected chi connectivity index (χ2v) is 4.97. The van der Waals surface area contributed by atoms with E-state index in [2.05, 4.69) is 6.08 Å². The third-order valence-electron chi connectivity index (χ3n) is 4.12. The fourth-order valence-corrected chi connectivity index (χ4v) is 3.33. The minimum Gasteiger partial charge on any atom is -0.375 e. The Morgan fingerprint density at radius 2 is 2.36 bits per heavy atom. The Hall–Kier alpha value is -0.340. The third kappa shape index (κ3) is 1.32. The van der Waals surface area contributed by atoms with E-state index in [0.29, 0.717) is 24.2 Å². The summed E-state index contributed by atoms with van der Waals surface area (Å²) in [6.07, 6.45) is 10.9.